The number of amides is 1. The Labute approximate surface area is 214 Å². The van der Waals surface area contributed by atoms with Gasteiger partial charge in [-0.25, -0.2) is 13.6 Å². The molecule has 4 rings (SSSR count). The number of rotatable bonds is 5. The van der Waals surface area contributed by atoms with Crippen LogP contribution in [0.15, 0.2) is 36.5 Å². The zero-order valence-electron chi connectivity index (χ0n) is 21.3. The summed E-state index contributed by atoms with van der Waals surface area (Å²) in [4.78, 5) is 29.0. The lowest BCUT2D eigenvalue weighted by Crippen LogP contribution is -2.42. The number of alkyl carbamates (subject to hydrolysis) is 1. The van der Waals surface area contributed by atoms with Crippen LogP contribution in [0, 0.1) is 11.6 Å². The van der Waals surface area contributed by atoms with Gasteiger partial charge in [-0.15, -0.1) is 0 Å². The fourth-order valence-corrected chi connectivity index (χ4v) is 4.59. The van der Waals surface area contributed by atoms with Gasteiger partial charge in [0.25, 0.3) is 0 Å². The number of nitrogens with zero attached hydrogens (tertiary/aromatic N) is 1. The van der Waals surface area contributed by atoms with Crippen molar-refractivity contribution in [2.75, 3.05) is 5.32 Å². The molecule has 1 fully saturated rings. The molecule has 1 aliphatic rings. The number of phenols is 1. The standard InChI is InChI=1S/C28H31F2N3O4/c1-15(34)21-14-31-24-10-5-16(17-12-22(29)26(35)23(30)13-17)11-20(24)25(21)32-18-6-8-19(9-7-18)33-27(36)37-28(2,3)4/h5,10-14,18-19,35H,6-9H2,1-4H3,(H,31,32)(H,33,36). The summed E-state index contributed by atoms with van der Waals surface area (Å²) in [6.07, 6.45) is 4.10. The summed E-state index contributed by atoms with van der Waals surface area (Å²) in [5, 5.41) is 16.5. The Hall–Kier alpha value is -3.75. The highest BCUT2D eigenvalue weighted by Crippen LogP contribution is 2.35. The Morgan fingerprint density at radius 1 is 1.00 bits per heavy atom. The number of Topliss-reactive ketones (excluding diaryl/α,β-unsaturated/α-hetero) is 1. The molecule has 7 nitrogen and oxygen atoms in total. The zero-order valence-corrected chi connectivity index (χ0v) is 21.3. The second kappa shape index (κ2) is 10.3. The zero-order chi connectivity index (χ0) is 26.9. The maximum atomic E-state index is 14.0. The average molecular weight is 512 g/mol. The van der Waals surface area contributed by atoms with Crippen molar-refractivity contribution in [3.63, 3.8) is 0 Å². The van der Waals surface area contributed by atoms with Crippen LogP contribution in [0.1, 0.15) is 63.7 Å². The van der Waals surface area contributed by atoms with Gasteiger partial charge in [-0.3, -0.25) is 9.78 Å². The lowest BCUT2D eigenvalue weighted by atomic mass is 9.90. The third kappa shape index (κ3) is 6.15. The van der Waals surface area contributed by atoms with Crippen LogP contribution >= 0.6 is 0 Å². The average Bonchev–Trinajstić information content (AvgIpc) is 2.82. The van der Waals surface area contributed by atoms with Gasteiger partial charge in [-0.1, -0.05) is 6.07 Å². The van der Waals surface area contributed by atoms with Crippen molar-refractivity contribution in [1.82, 2.24) is 10.3 Å². The Morgan fingerprint density at radius 2 is 1.62 bits per heavy atom. The summed E-state index contributed by atoms with van der Waals surface area (Å²) >= 11 is 0. The van der Waals surface area contributed by atoms with Gasteiger partial charge in [0.1, 0.15) is 5.60 Å². The fourth-order valence-electron chi connectivity index (χ4n) is 4.59. The van der Waals surface area contributed by atoms with Gasteiger partial charge in [0.05, 0.1) is 16.8 Å². The number of carbonyl (C=O) groups excluding carboxylic acids is 2. The number of anilines is 1. The molecule has 0 bridgehead atoms. The highest BCUT2D eigenvalue weighted by atomic mass is 19.1. The van der Waals surface area contributed by atoms with Crippen molar-refractivity contribution in [2.24, 2.45) is 0 Å². The van der Waals surface area contributed by atoms with Crippen LogP contribution in [0.3, 0.4) is 0 Å². The number of aromatic hydroxyl groups is 1. The smallest absolute Gasteiger partial charge is 0.407 e. The van der Waals surface area contributed by atoms with Gasteiger partial charge >= 0.3 is 6.09 Å². The first-order valence-corrected chi connectivity index (χ1v) is 12.3. The van der Waals surface area contributed by atoms with Gasteiger partial charge in [-0.05, 0) is 88.8 Å². The molecular weight excluding hydrogens is 480 g/mol. The van der Waals surface area contributed by atoms with Crippen molar-refractivity contribution in [1.29, 1.82) is 0 Å². The first kappa shape index (κ1) is 26.3. The topological polar surface area (TPSA) is 101 Å². The quantitative estimate of drug-likeness (QED) is 0.346. The van der Waals surface area contributed by atoms with E-state index in [1.807, 2.05) is 20.8 Å². The molecule has 1 amide bonds. The number of carbonyl (C=O) groups is 2. The van der Waals surface area contributed by atoms with Crippen molar-refractivity contribution in [3.05, 3.63) is 53.7 Å². The SMILES string of the molecule is CC(=O)c1cnc2ccc(-c3cc(F)c(O)c(F)c3)cc2c1NC1CCC(NC(=O)OC(C)(C)C)CC1. The van der Waals surface area contributed by atoms with E-state index in [9.17, 15) is 23.5 Å². The van der Waals surface area contributed by atoms with E-state index in [1.165, 1.54) is 13.1 Å². The Morgan fingerprint density at radius 3 is 2.22 bits per heavy atom. The lowest BCUT2D eigenvalue weighted by Gasteiger charge is -2.31. The van der Waals surface area contributed by atoms with E-state index in [4.69, 9.17) is 4.74 Å². The molecule has 2 aromatic carbocycles. The Bertz CT molecular complexity index is 1320. The molecule has 0 aliphatic heterocycles. The molecule has 1 saturated carbocycles. The first-order valence-electron chi connectivity index (χ1n) is 12.3. The van der Waals surface area contributed by atoms with Crippen LogP contribution in [-0.4, -0.2) is 39.7 Å². The summed E-state index contributed by atoms with van der Waals surface area (Å²) in [5.41, 5.74) is 1.86. The van der Waals surface area contributed by atoms with Crippen LogP contribution in [-0.2, 0) is 4.74 Å². The van der Waals surface area contributed by atoms with E-state index in [-0.39, 0.29) is 23.4 Å². The van der Waals surface area contributed by atoms with E-state index >= 15 is 0 Å². The third-order valence-corrected chi connectivity index (χ3v) is 6.39. The summed E-state index contributed by atoms with van der Waals surface area (Å²) in [6.45, 7) is 6.92. The maximum Gasteiger partial charge on any atom is 0.407 e. The lowest BCUT2D eigenvalue weighted by molar-refractivity contribution is 0.0492. The molecule has 0 atom stereocenters. The second-order valence-electron chi connectivity index (χ2n) is 10.5. The fraction of sp³-hybridized carbons (Fsp3) is 0.393. The molecule has 3 aromatic rings. The van der Waals surface area contributed by atoms with Gasteiger partial charge < -0.3 is 20.5 Å². The normalized spacial score (nSPS) is 17.9. The van der Waals surface area contributed by atoms with Gasteiger partial charge in [-0.2, -0.15) is 0 Å². The molecule has 0 spiro atoms. The number of hydrogen-bond donors (Lipinski definition) is 3. The van der Waals surface area contributed by atoms with Crippen molar-refractivity contribution in [3.8, 4) is 16.9 Å². The number of ether oxygens (including phenoxy) is 1. The third-order valence-electron chi connectivity index (χ3n) is 6.39. The first-order chi connectivity index (χ1) is 17.4. The number of aromatic nitrogens is 1. The van der Waals surface area contributed by atoms with Crippen LogP contribution in [0.2, 0.25) is 0 Å². The summed E-state index contributed by atoms with van der Waals surface area (Å²) < 4.78 is 33.3. The van der Waals surface area contributed by atoms with Gasteiger partial charge in [0, 0.05) is 23.7 Å². The van der Waals surface area contributed by atoms with E-state index in [2.05, 4.69) is 15.6 Å². The molecule has 1 heterocycles. The minimum atomic E-state index is -1.05. The molecule has 0 saturated heterocycles. The van der Waals surface area contributed by atoms with Crippen LogP contribution in [0.5, 0.6) is 5.75 Å². The number of nitrogens with one attached hydrogen (secondary N) is 2. The molecule has 0 unspecified atom stereocenters. The van der Waals surface area contributed by atoms with E-state index in [1.54, 1.807) is 18.2 Å². The molecule has 37 heavy (non-hydrogen) atoms. The molecular formula is C28H31F2N3O4. The Balaban J connectivity index is 1.59. The summed E-state index contributed by atoms with van der Waals surface area (Å²) in [6, 6.07) is 7.32. The predicted octanol–water partition coefficient (Wildman–Crippen LogP) is 6.34. The van der Waals surface area contributed by atoms with Crippen LogP contribution < -0.4 is 10.6 Å². The van der Waals surface area contributed by atoms with E-state index in [0.717, 1.165) is 37.8 Å². The van der Waals surface area contributed by atoms with Crippen molar-refractivity contribution >= 4 is 28.5 Å². The molecule has 0 radical (unpaired) electrons. The van der Waals surface area contributed by atoms with E-state index in [0.29, 0.717) is 27.7 Å². The van der Waals surface area contributed by atoms with Crippen molar-refractivity contribution in [2.45, 2.75) is 71.1 Å². The molecule has 1 aliphatic carbocycles. The van der Waals surface area contributed by atoms with Gasteiger partial charge in [0.15, 0.2) is 23.2 Å². The summed E-state index contributed by atoms with van der Waals surface area (Å²) in [7, 11) is 0. The molecule has 1 aromatic heterocycles. The minimum absolute atomic E-state index is 0.000235. The number of phenolic OH excluding ortho intramolecular Hbond substituents is 1. The largest absolute Gasteiger partial charge is 0.503 e. The molecule has 196 valence electrons. The second-order valence-corrected chi connectivity index (χ2v) is 10.5. The Kier molecular flexibility index (Phi) is 7.34. The number of halogens is 2. The van der Waals surface area contributed by atoms with E-state index < -0.39 is 29.1 Å². The van der Waals surface area contributed by atoms with Crippen molar-refractivity contribution < 1.29 is 28.2 Å². The number of pyridine rings is 1. The van der Waals surface area contributed by atoms with Crippen LogP contribution in [0.4, 0.5) is 19.3 Å². The van der Waals surface area contributed by atoms with Crippen LogP contribution in [0.25, 0.3) is 22.0 Å². The minimum Gasteiger partial charge on any atom is -0.503 e. The van der Waals surface area contributed by atoms with Gasteiger partial charge in [0.2, 0.25) is 0 Å². The number of fused-ring (bicyclic) bond motifs is 1. The number of hydrogen-bond acceptors (Lipinski definition) is 6. The number of benzene rings is 2. The highest BCUT2D eigenvalue weighted by molar-refractivity contribution is 6.07. The maximum absolute atomic E-state index is 14.0. The summed E-state index contributed by atoms with van der Waals surface area (Å²) in [5.74, 6) is -3.30. The molecule has 9 heteroatoms. The highest BCUT2D eigenvalue weighted by Gasteiger charge is 2.26. The molecule has 3 N–H and O–H groups in total. The predicted molar refractivity (Wildman–Crippen MR) is 138 cm³/mol. The monoisotopic (exact) mass is 511 g/mol. The number of ketones is 1.